The maximum atomic E-state index is 11.0. The van der Waals surface area contributed by atoms with E-state index in [-0.39, 0.29) is 12.5 Å². The summed E-state index contributed by atoms with van der Waals surface area (Å²) in [5.74, 6) is -0.0541. The molecule has 0 aromatic heterocycles. The van der Waals surface area contributed by atoms with Crippen LogP contribution in [0, 0.1) is 0 Å². The standard InChI is InChI=1S/C14H20N2O2/c1-11(18)15-13-4-2-3-12(9-13)10-16(7-8-17)14-5-6-14/h2-4,9,14,17H,5-8,10H2,1H3,(H,15,18). The first-order valence-electron chi connectivity index (χ1n) is 6.40. The van der Waals surface area contributed by atoms with Gasteiger partial charge in [-0.25, -0.2) is 0 Å². The van der Waals surface area contributed by atoms with Gasteiger partial charge in [-0.3, -0.25) is 9.69 Å². The number of hydrogen-bond acceptors (Lipinski definition) is 3. The zero-order chi connectivity index (χ0) is 13.0. The van der Waals surface area contributed by atoms with Crippen molar-refractivity contribution in [2.24, 2.45) is 0 Å². The summed E-state index contributed by atoms with van der Waals surface area (Å²) in [6.07, 6.45) is 2.46. The maximum absolute atomic E-state index is 11.0. The maximum Gasteiger partial charge on any atom is 0.221 e. The van der Waals surface area contributed by atoms with Crippen molar-refractivity contribution >= 4 is 11.6 Å². The molecule has 1 aliphatic carbocycles. The Morgan fingerprint density at radius 1 is 1.50 bits per heavy atom. The molecule has 1 aromatic carbocycles. The second-order valence-electron chi connectivity index (χ2n) is 4.81. The molecule has 0 heterocycles. The van der Waals surface area contributed by atoms with Gasteiger partial charge in [-0.05, 0) is 30.5 Å². The molecule has 1 aliphatic rings. The molecule has 0 saturated heterocycles. The number of anilines is 1. The van der Waals surface area contributed by atoms with Gasteiger partial charge in [0.2, 0.25) is 5.91 Å². The predicted octanol–water partition coefficient (Wildman–Crippen LogP) is 1.60. The molecule has 2 rings (SSSR count). The lowest BCUT2D eigenvalue weighted by Gasteiger charge is -2.21. The second kappa shape index (κ2) is 5.98. The molecule has 0 bridgehead atoms. The highest BCUT2D eigenvalue weighted by atomic mass is 16.3. The highest BCUT2D eigenvalue weighted by Crippen LogP contribution is 2.28. The molecule has 4 nitrogen and oxygen atoms in total. The Kier molecular flexibility index (Phi) is 4.33. The number of carbonyl (C=O) groups is 1. The average Bonchev–Trinajstić information content (AvgIpc) is 3.12. The fraction of sp³-hybridized carbons (Fsp3) is 0.500. The minimum absolute atomic E-state index is 0.0541. The van der Waals surface area contributed by atoms with E-state index in [0.29, 0.717) is 6.04 Å². The molecule has 98 valence electrons. The highest BCUT2D eigenvalue weighted by Gasteiger charge is 2.28. The van der Waals surface area contributed by atoms with Crippen molar-refractivity contribution in [3.8, 4) is 0 Å². The molecule has 0 spiro atoms. The molecule has 0 atom stereocenters. The highest BCUT2D eigenvalue weighted by molar-refractivity contribution is 5.88. The van der Waals surface area contributed by atoms with Crippen molar-refractivity contribution in [2.75, 3.05) is 18.5 Å². The largest absolute Gasteiger partial charge is 0.395 e. The lowest BCUT2D eigenvalue weighted by molar-refractivity contribution is -0.114. The summed E-state index contributed by atoms with van der Waals surface area (Å²) in [6, 6.07) is 8.51. The van der Waals surface area contributed by atoms with Gasteiger partial charge in [0, 0.05) is 31.7 Å². The predicted molar refractivity (Wildman–Crippen MR) is 71.3 cm³/mol. The second-order valence-corrected chi connectivity index (χ2v) is 4.81. The molecule has 1 amide bonds. The number of nitrogens with zero attached hydrogens (tertiary/aromatic N) is 1. The minimum atomic E-state index is -0.0541. The molecule has 4 heteroatoms. The zero-order valence-electron chi connectivity index (χ0n) is 10.7. The Labute approximate surface area is 108 Å². The first kappa shape index (κ1) is 13.1. The molecular weight excluding hydrogens is 228 g/mol. The van der Waals surface area contributed by atoms with Crippen molar-refractivity contribution in [1.29, 1.82) is 0 Å². The normalized spacial score (nSPS) is 14.8. The van der Waals surface area contributed by atoms with E-state index in [1.807, 2.05) is 18.2 Å². The Balaban J connectivity index is 2.00. The molecule has 0 aliphatic heterocycles. The van der Waals surface area contributed by atoms with Gasteiger partial charge in [-0.2, -0.15) is 0 Å². The topological polar surface area (TPSA) is 52.6 Å². The van der Waals surface area contributed by atoms with E-state index in [4.69, 9.17) is 5.11 Å². The molecule has 2 N–H and O–H groups in total. The fourth-order valence-electron chi connectivity index (χ4n) is 2.14. The van der Waals surface area contributed by atoms with Crippen LogP contribution in [0.3, 0.4) is 0 Å². The quantitative estimate of drug-likeness (QED) is 0.804. The van der Waals surface area contributed by atoms with Crippen molar-refractivity contribution in [2.45, 2.75) is 32.4 Å². The number of aliphatic hydroxyl groups is 1. The Morgan fingerprint density at radius 2 is 2.28 bits per heavy atom. The Hall–Kier alpha value is -1.39. The smallest absolute Gasteiger partial charge is 0.221 e. The monoisotopic (exact) mass is 248 g/mol. The third-order valence-corrected chi connectivity index (χ3v) is 3.08. The van der Waals surface area contributed by atoms with Crippen molar-refractivity contribution in [1.82, 2.24) is 4.90 Å². The molecule has 0 unspecified atom stereocenters. The van der Waals surface area contributed by atoms with Crippen LogP contribution in [0.25, 0.3) is 0 Å². The van der Waals surface area contributed by atoms with Gasteiger partial charge < -0.3 is 10.4 Å². The summed E-state index contributed by atoms with van der Waals surface area (Å²) >= 11 is 0. The van der Waals surface area contributed by atoms with Crippen molar-refractivity contribution in [3.05, 3.63) is 29.8 Å². The van der Waals surface area contributed by atoms with Gasteiger partial charge in [-0.15, -0.1) is 0 Å². The molecule has 1 saturated carbocycles. The van der Waals surface area contributed by atoms with Gasteiger partial charge in [-0.1, -0.05) is 12.1 Å². The van der Waals surface area contributed by atoms with Crippen LogP contribution in [0.5, 0.6) is 0 Å². The van der Waals surface area contributed by atoms with E-state index in [9.17, 15) is 4.79 Å². The van der Waals surface area contributed by atoms with Gasteiger partial charge in [0.1, 0.15) is 0 Å². The first-order valence-corrected chi connectivity index (χ1v) is 6.40. The third kappa shape index (κ3) is 3.82. The van der Waals surface area contributed by atoms with Crippen LogP contribution >= 0.6 is 0 Å². The first-order chi connectivity index (χ1) is 8.69. The number of aliphatic hydroxyl groups excluding tert-OH is 1. The SMILES string of the molecule is CC(=O)Nc1cccc(CN(CCO)C2CC2)c1. The van der Waals surface area contributed by atoms with Crippen LogP contribution in [-0.4, -0.2) is 35.1 Å². The fourth-order valence-corrected chi connectivity index (χ4v) is 2.14. The summed E-state index contributed by atoms with van der Waals surface area (Å²) in [5.41, 5.74) is 2.00. The summed E-state index contributed by atoms with van der Waals surface area (Å²) in [7, 11) is 0. The van der Waals surface area contributed by atoms with Crippen LogP contribution in [0.4, 0.5) is 5.69 Å². The van der Waals surface area contributed by atoms with Crippen molar-refractivity contribution < 1.29 is 9.90 Å². The third-order valence-electron chi connectivity index (χ3n) is 3.08. The van der Waals surface area contributed by atoms with Crippen LogP contribution in [0.1, 0.15) is 25.3 Å². The number of benzene rings is 1. The summed E-state index contributed by atoms with van der Waals surface area (Å²) in [5, 5.41) is 11.9. The minimum Gasteiger partial charge on any atom is -0.395 e. The van der Waals surface area contributed by atoms with E-state index >= 15 is 0 Å². The van der Waals surface area contributed by atoms with Gasteiger partial charge in [0.15, 0.2) is 0 Å². The molecule has 0 radical (unpaired) electrons. The van der Waals surface area contributed by atoms with E-state index in [0.717, 1.165) is 18.8 Å². The molecule has 18 heavy (non-hydrogen) atoms. The van der Waals surface area contributed by atoms with E-state index in [2.05, 4.69) is 16.3 Å². The number of hydrogen-bond donors (Lipinski definition) is 2. The molecule has 1 aromatic rings. The summed E-state index contributed by atoms with van der Waals surface area (Å²) < 4.78 is 0. The number of amides is 1. The van der Waals surface area contributed by atoms with Crippen LogP contribution in [-0.2, 0) is 11.3 Å². The van der Waals surface area contributed by atoms with E-state index in [1.54, 1.807) is 0 Å². The molecule has 1 fully saturated rings. The van der Waals surface area contributed by atoms with Gasteiger partial charge in [0.25, 0.3) is 0 Å². The van der Waals surface area contributed by atoms with Gasteiger partial charge in [0.05, 0.1) is 6.61 Å². The average molecular weight is 248 g/mol. The lowest BCUT2D eigenvalue weighted by atomic mass is 10.2. The molecular formula is C14H20N2O2. The summed E-state index contributed by atoms with van der Waals surface area (Å²) in [6.45, 7) is 3.25. The van der Waals surface area contributed by atoms with Gasteiger partial charge >= 0.3 is 0 Å². The number of nitrogens with one attached hydrogen (secondary N) is 1. The zero-order valence-corrected chi connectivity index (χ0v) is 10.7. The van der Waals surface area contributed by atoms with Crippen LogP contribution in [0.15, 0.2) is 24.3 Å². The van der Waals surface area contributed by atoms with Crippen LogP contribution < -0.4 is 5.32 Å². The summed E-state index contributed by atoms with van der Waals surface area (Å²) in [4.78, 5) is 13.3. The number of rotatable bonds is 6. The van der Waals surface area contributed by atoms with Crippen LogP contribution in [0.2, 0.25) is 0 Å². The van der Waals surface area contributed by atoms with E-state index in [1.165, 1.54) is 25.3 Å². The van der Waals surface area contributed by atoms with Crippen molar-refractivity contribution in [3.63, 3.8) is 0 Å². The Morgan fingerprint density at radius 3 is 2.89 bits per heavy atom. The Bertz CT molecular complexity index is 416. The number of carbonyl (C=O) groups excluding carboxylic acids is 1. The lowest BCUT2D eigenvalue weighted by Crippen LogP contribution is -2.28. The van der Waals surface area contributed by atoms with E-state index < -0.39 is 0 Å².